The Morgan fingerprint density at radius 1 is 1.29 bits per heavy atom. The fourth-order valence-electron chi connectivity index (χ4n) is 3.03. The zero-order valence-electron chi connectivity index (χ0n) is 12.5. The average molecular weight is 283 g/mol. The zero-order valence-corrected chi connectivity index (χ0v) is 12.5. The summed E-state index contributed by atoms with van der Waals surface area (Å²) in [5, 5.41) is 3.62. The highest BCUT2D eigenvalue weighted by Gasteiger charge is 2.35. The van der Waals surface area contributed by atoms with Crippen molar-refractivity contribution in [2.75, 3.05) is 13.7 Å². The molecular weight excluding hydrogens is 262 g/mol. The third-order valence-corrected chi connectivity index (χ3v) is 4.09. The van der Waals surface area contributed by atoms with Gasteiger partial charge in [-0.2, -0.15) is 0 Å². The fraction of sp³-hybridized carbons (Fsp3) is 0.412. The van der Waals surface area contributed by atoms with Crippen molar-refractivity contribution in [3.8, 4) is 5.88 Å². The van der Waals surface area contributed by atoms with E-state index >= 15 is 0 Å². The average Bonchev–Trinajstić information content (AvgIpc) is 2.51. The molecule has 0 fully saturated rings. The van der Waals surface area contributed by atoms with Gasteiger partial charge in [0.15, 0.2) is 0 Å². The van der Waals surface area contributed by atoms with Gasteiger partial charge in [-0.15, -0.1) is 0 Å². The van der Waals surface area contributed by atoms with E-state index in [9.17, 15) is 0 Å². The molecule has 2 unspecified atom stereocenters. The van der Waals surface area contributed by atoms with Crippen LogP contribution in [-0.2, 0) is 6.42 Å². The van der Waals surface area contributed by atoms with E-state index in [0.717, 1.165) is 25.1 Å². The molecule has 1 aromatic heterocycles. The number of fused-ring (bicyclic) bond motifs is 1. The molecule has 1 aliphatic carbocycles. The van der Waals surface area contributed by atoms with Crippen LogP contribution in [-0.4, -0.2) is 23.6 Å². The van der Waals surface area contributed by atoms with Crippen LogP contribution in [0.15, 0.2) is 36.7 Å². The number of hydrogen-bond acceptors (Lipinski definition) is 4. The summed E-state index contributed by atoms with van der Waals surface area (Å²) in [4.78, 5) is 8.83. The molecule has 1 aliphatic rings. The number of nitrogens with one attached hydrogen (secondary N) is 1. The zero-order chi connectivity index (χ0) is 14.7. The Hall–Kier alpha value is -1.94. The van der Waals surface area contributed by atoms with Gasteiger partial charge in [-0.05, 0) is 30.5 Å². The number of aromatic nitrogens is 2. The number of ether oxygens (including phenoxy) is 1. The van der Waals surface area contributed by atoms with Crippen LogP contribution in [0, 0.1) is 0 Å². The fourth-order valence-corrected chi connectivity index (χ4v) is 3.03. The van der Waals surface area contributed by atoms with Gasteiger partial charge in [0.05, 0.1) is 13.2 Å². The van der Waals surface area contributed by atoms with Crippen molar-refractivity contribution in [1.29, 1.82) is 0 Å². The molecule has 3 rings (SSSR count). The predicted molar refractivity (Wildman–Crippen MR) is 82.5 cm³/mol. The summed E-state index contributed by atoms with van der Waals surface area (Å²) in [6.45, 7) is 3.13. The Bertz CT molecular complexity index is 614. The molecule has 2 atom stereocenters. The van der Waals surface area contributed by atoms with Gasteiger partial charge in [-0.3, -0.25) is 4.98 Å². The van der Waals surface area contributed by atoms with Gasteiger partial charge in [0.25, 0.3) is 0 Å². The number of benzene rings is 1. The second kappa shape index (κ2) is 6.22. The van der Waals surface area contributed by atoms with E-state index in [1.165, 1.54) is 11.1 Å². The topological polar surface area (TPSA) is 47.0 Å². The van der Waals surface area contributed by atoms with E-state index < -0.39 is 0 Å². The molecule has 2 aromatic rings. The maximum Gasteiger partial charge on any atom is 0.237 e. The Labute approximate surface area is 125 Å². The highest BCUT2D eigenvalue weighted by molar-refractivity contribution is 5.43. The van der Waals surface area contributed by atoms with Crippen molar-refractivity contribution in [2.45, 2.75) is 31.7 Å². The Morgan fingerprint density at radius 3 is 2.86 bits per heavy atom. The smallest absolute Gasteiger partial charge is 0.237 e. The molecule has 0 aliphatic heterocycles. The SMILES string of the molecule is CCCNC(c1nccnc1OC)C1Cc2ccccc21. The molecule has 0 saturated heterocycles. The van der Waals surface area contributed by atoms with Gasteiger partial charge in [0.1, 0.15) is 5.69 Å². The molecule has 0 spiro atoms. The second-order valence-electron chi connectivity index (χ2n) is 5.39. The minimum absolute atomic E-state index is 0.156. The third-order valence-electron chi connectivity index (χ3n) is 4.09. The molecular formula is C17H21N3O. The van der Waals surface area contributed by atoms with Gasteiger partial charge >= 0.3 is 0 Å². The van der Waals surface area contributed by atoms with Crippen molar-refractivity contribution in [3.63, 3.8) is 0 Å². The van der Waals surface area contributed by atoms with Crippen LogP contribution in [0.4, 0.5) is 0 Å². The minimum atomic E-state index is 0.156. The molecule has 1 heterocycles. The summed E-state index contributed by atoms with van der Waals surface area (Å²) in [5.74, 6) is 1.06. The van der Waals surface area contributed by atoms with Crippen LogP contribution in [0.3, 0.4) is 0 Å². The molecule has 0 bridgehead atoms. The monoisotopic (exact) mass is 283 g/mol. The highest BCUT2D eigenvalue weighted by Crippen LogP contribution is 2.44. The second-order valence-corrected chi connectivity index (χ2v) is 5.39. The molecule has 0 saturated carbocycles. The van der Waals surface area contributed by atoms with Crippen molar-refractivity contribution >= 4 is 0 Å². The van der Waals surface area contributed by atoms with Crippen molar-refractivity contribution in [1.82, 2.24) is 15.3 Å². The largest absolute Gasteiger partial charge is 0.480 e. The molecule has 4 heteroatoms. The van der Waals surface area contributed by atoms with Crippen LogP contribution in [0.25, 0.3) is 0 Å². The van der Waals surface area contributed by atoms with E-state index in [-0.39, 0.29) is 6.04 Å². The lowest BCUT2D eigenvalue weighted by molar-refractivity contribution is 0.352. The van der Waals surface area contributed by atoms with Gasteiger partial charge < -0.3 is 10.1 Å². The molecule has 110 valence electrons. The molecule has 1 N–H and O–H groups in total. The Kier molecular flexibility index (Phi) is 4.15. The number of nitrogens with zero attached hydrogens (tertiary/aromatic N) is 2. The van der Waals surface area contributed by atoms with E-state index in [0.29, 0.717) is 11.8 Å². The van der Waals surface area contributed by atoms with Crippen molar-refractivity contribution in [2.24, 2.45) is 0 Å². The lowest BCUT2D eigenvalue weighted by Gasteiger charge is -2.37. The van der Waals surface area contributed by atoms with E-state index in [4.69, 9.17) is 4.74 Å². The Balaban J connectivity index is 1.92. The standard InChI is InChI=1S/C17H21N3O/c1-3-8-18-15(16-17(21-2)20-10-9-19-16)14-11-12-6-4-5-7-13(12)14/h4-7,9-10,14-15,18H,3,8,11H2,1-2H3. The van der Waals surface area contributed by atoms with Crippen molar-refractivity contribution < 1.29 is 4.74 Å². The molecule has 21 heavy (non-hydrogen) atoms. The summed E-state index contributed by atoms with van der Waals surface area (Å²) < 4.78 is 5.40. The van der Waals surface area contributed by atoms with Crippen LogP contribution >= 0.6 is 0 Å². The van der Waals surface area contributed by atoms with E-state index in [1.807, 2.05) is 0 Å². The van der Waals surface area contributed by atoms with Crippen LogP contribution in [0.2, 0.25) is 0 Å². The van der Waals surface area contributed by atoms with E-state index in [2.05, 4.69) is 46.5 Å². The summed E-state index contributed by atoms with van der Waals surface area (Å²) >= 11 is 0. The quantitative estimate of drug-likeness (QED) is 0.885. The predicted octanol–water partition coefficient (Wildman–Crippen LogP) is 2.87. The van der Waals surface area contributed by atoms with Crippen LogP contribution in [0.5, 0.6) is 5.88 Å². The lowest BCUT2D eigenvalue weighted by Crippen LogP contribution is -2.34. The van der Waals surface area contributed by atoms with Crippen molar-refractivity contribution in [3.05, 3.63) is 53.5 Å². The first-order valence-electron chi connectivity index (χ1n) is 7.51. The maximum atomic E-state index is 5.40. The summed E-state index contributed by atoms with van der Waals surface area (Å²) in [5.41, 5.74) is 3.76. The summed E-state index contributed by atoms with van der Waals surface area (Å²) in [6.07, 6.45) is 5.59. The lowest BCUT2D eigenvalue weighted by atomic mass is 9.72. The number of hydrogen-bond donors (Lipinski definition) is 1. The van der Waals surface area contributed by atoms with Gasteiger partial charge in [0, 0.05) is 18.3 Å². The van der Waals surface area contributed by atoms with Crippen LogP contribution < -0.4 is 10.1 Å². The van der Waals surface area contributed by atoms with Gasteiger partial charge in [0.2, 0.25) is 5.88 Å². The van der Waals surface area contributed by atoms with Gasteiger partial charge in [-0.1, -0.05) is 31.2 Å². The summed E-state index contributed by atoms with van der Waals surface area (Å²) in [7, 11) is 1.65. The molecule has 0 radical (unpaired) electrons. The first-order valence-corrected chi connectivity index (χ1v) is 7.51. The normalized spacial score (nSPS) is 17.7. The van der Waals surface area contributed by atoms with Gasteiger partial charge in [-0.25, -0.2) is 4.98 Å². The summed E-state index contributed by atoms with van der Waals surface area (Å²) in [6, 6.07) is 8.79. The number of rotatable bonds is 6. The first-order chi connectivity index (χ1) is 10.3. The minimum Gasteiger partial charge on any atom is -0.480 e. The molecule has 0 amide bonds. The maximum absolute atomic E-state index is 5.40. The Morgan fingerprint density at radius 2 is 2.10 bits per heavy atom. The number of methoxy groups -OCH3 is 1. The molecule has 4 nitrogen and oxygen atoms in total. The van der Waals surface area contributed by atoms with E-state index in [1.54, 1.807) is 19.5 Å². The highest BCUT2D eigenvalue weighted by atomic mass is 16.5. The first kappa shape index (κ1) is 14.0. The molecule has 1 aromatic carbocycles. The third kappa shape index (κ3) is 2.63. The van der Waals surface area contributed by atoms with Crippen LogP contribution in [0.1, 0.15) is 42.1 Å².